The zero-order chi connectivity index (χ0) is 20.8. The molecule has 1 aromatic heterocycles. The first kappa shape index (κ1) is 19.9. The zero-order valence-corrected chi connectivity index (χ0v) is 17.8. The number of hydrogen-bond acceptors (Lipinski definition) is 5. The van der Waals surface area contributed by atoms with Gasteiger partial charge in [0.1, 0.15) is 24.0 Å². The number of fused-ring (bicyclic) bond motifs is 2. The third-order valence-electron chi connectivity index (χ3n) is 6.02. The lowest BCUT2D eigenvalue weighted by molar-refractivity contribution is -0.133. The van der Waals surface area contributed by atoms with E-state index in [4.69, 9.17) is 4.74 Å². The van der Waals surface area contributed by atoms with E-state index in [1.165, 1.54) is 0 Å². The Balaban J connectivity index is 1.46. The summed E-state index contributed by atoms with van der Waals surface area (Å²) >= 11 is 1.62. The molecule has 3 amide bonds. The lowest BCUT2D eigenvalue weighted by Gasteiger charge is -2.31. The predicted octanol–water partition coefficient (Wildman–Crippen LogP) is 3.20. The Morgan fingerprint density at radius 1 is 1.24 bits per heavy atom. The first-order valence-corrected chi connectivity index (χ1v) is 10.8. The lowest BCUT2D eigenvalue weighted by Crippen LogP contribution is -2.46. The second-order valence-electron chi connectivity index (χ2n) is 7.98. The maximum absolute atomic E-state index is 13.2. The molecule has 0 bridgehead atoms. The molecule has 0 radical (unpaired) electrons. The largest absolute Gasteiger partial charge is 0.490 e. The fraction of sp³-hybridized carbons (Fsp3) is 0.455. The fourth-order valence-corrected chi connectivity index (χ4v) is 5.30. The highest BCUT2D eigenvalue weighted by molar-refractivity contribution is 7.10. The third kappa shape index (κ3) is 3.32. The van der Waals surface area contributed by atoms with Crippen molar-refractivity contribution in [3.05, 3.63) is 50.7 Å². The molecule has 2 atom stereocenters. The number of aliphatic hydroxyl groups excluding tert-OH is 1. The van der Waals surface area contributed by atoms with Gasteiger partial charge in [0.05, 0.1) is 6.54 Å². The number of urea groups is 1. The molecule has 29 heavy (non-hydrogen) atoms. The summed E-state index contributed by atoms with van der Waals surface area (Å²) in [6.45, 7) is 5.87. The van der Waals surface area contributed by atoms with E-state index in [-0.39, 0.29) is 19.1 Å². The van der Waals surface area contributed by atoms with Crippen LogP contribution in [-0.4, -0.2) is 41.2 Å². The number of ether oxygens (including phenoxy) is 1. The molecule has 2 heterocycles. The van der Waals surface area contributed by atoms with E-state index in [0.29, 0.717) is 6.42 Å². The molecule has 1 saturated heterocycles. The summed E-state index contributed by atoms with van der Waals surface area (Å²) in [5.41, 5.74) is 3.06. The molecule has 0 saturated carbocycles. The molecule has 4 rings (SSSR count). The number of carbonyl (C=O) groups excluding carboxylic acids is 2. The normalized spacial score (nSPS) is 22.0. The van der Waals surface area contributed by atoms with Crippen molar-refractivity contribution in [1.29, 1.82) is 0 Å². The van der Waals surface area contributed by atoms with Gasteiger partial charge in [-0.15, -0.1) is 11.3 Å². The van der Waals surface area contributed by atoms with E-state index >= 15 is 0 Å². The van der Waals surface area contributed by atoms with Crippen LogP contribution in [0.5, 0.6) is 5.75 Å². The SMILES string of the molecule is Cc1ccc(C)c(OC[C@@H](O)CN2C(=O)N[C@]3(CCCc4sccc43)C2=O)c1C. The molecular weight excluding hydrogens is 388 g/mol. The predicted molar refractivity (Wildman–Crippen MR) is 111 cm³/mol. The number of aryl methyl sites for hydroxylation is 3. The van der Waals surface area contributed by atoms with Gasteiger partial charge in [-0.25, -0.2) is 4.79 Å². The summed E-state index contributed by atoms with van der Waals surface area (Å²) in [5.74, 6) is 0.469. The smallest absolute Gasteiger partial charge is 0.325 e. The maximum atomic E-state index is 13.2. The number of imide groups is 1. The van der Waals surface area contributed by atoms with Crippen molar-refractivity contribution in [1.82, 2.24) is 10.2 Å². The highest BCUT2D eigenvalue weighted by Gasteiger charge is 2.54. The molecular formula is C22H26N2O4S. The van der Waals surface area contributed by atoms with Crippen LogP contribution in [0.4, 0.5) is 4.79 Å². The molecule has 1 aliphatic heterocycles. The van der Waals surface area contributed by atoms with E-state index in [9.17, 15) is 14.7 Å². The van der Waals surface area contributed by atoms with Crippen molar-refractivity contribution < 1.29 is 19.4 Å². The summed E-state index contributed by atoms with van der Waals surface area (Å²) in [6, 6.07) is 5.50. The Morgan fingerprint density at radius 3 is 2.79 bits per heavy atom. The number of β-amino-alcohol motifs (C(OH)–C–C–N with tert-alkyl or cyclic N) is 1. The van der Waals surface area contributed by atoms with E-state index < -0.39 is 17.7 Å². The second kappa shape index (κ2) is 7.46. The highest BCUT2D eigenvalue weighted by atomic mass is 32.1. The van der Waals surface area contributed by atoms with Crippen molar-refractivity contribution in [3.8, 4) is 5.75 Å². The number of thiophene rings is 1. The number of amides is 3. The highest BCUT2D eigenvalue weighted by Crippen LogP contribution is 2.42. The third-order valence-corrected chi connectivity index (χ3v) is 7.00. The van der Waals surface area contributed by atoms with Gasteiger partial charge in [-0.05, 0) is 68.2 Å². The van der Waals surface area contributed by atoms with Crippen LogP contribution in [0.15, 0.2) is 23.6 Å². The zero-order valence-electron chi connectivity index (χ0n) is 16.9. The van der Waals surface area contributed by atoms with Crippen molar-refractivity contribution in [2.45, 2.75) is 51.7 Å². The van der Waals surface area contributed by atoms with Gasteiger partial charge in [0, 0.05) is 10.4 Å². The fourth-order valence-electron chi connectivity index (χ4n) is 4.30. The standard InChI is InChI=1S/C22H26N2O4S/c1-13-6-7-14(2)19(15(13)3)28-12-16(25)11-24-20(26)22(23-21(24)27)9-4-5-18-17(22)8-10-29-18/h6-8,10,16,25H,4-5,9,11-12H2,1-3H3,(H,23,27)/t16-,22-/m0/s1. The average Bonchev–Trinajstić information content (AvgIpc) is 3.26. The van der Waals surface area contributed by atoms with E-state index in [2.05, 4.69) is 5.32 Å². The minimum Gasteiger partial charge on any atom is -0.490 e. The van der Waals surface area contributed by atoms with Crippen LogP contribution in [0.3, 0.4) is 0 Å². The quantitative estimate of drug-likeness (QED) is 0.737. The van der Waals surface area contributed by atoms with Crippen molar-refractivity contribution >= 4 is 23.3 Å². The van der Waals surface area contributed by atoms with Crippen LogP contribution in [0, 0.1) is 20.8 Å². The number of aliphatic hydroxyl groups is 1. The molecule has 1 fully saturated rings. The first-order chi connectivity index (χ1) is 13.8. The molecule has 0 unspecified atom stereocenters. The van der Waals surface area contributed by atoms with Gasteiger partial charge in [-0.1, -0.05) is 12.1 Å². The minimum atomic E-state index is -0.977. The number of rotatable bonds is 5. The average molecular weight is 415 g/mol. The molecule has 1 aromatic carbocycles. The van der Waals surface area contributed by atoms with Gasteiger partial charge < -0.3 is 15.2 Å². The molecule has 154 valence electrons. The Hall–Kier alpha value is -2.38. The van der Waals surface area contributed by atoms with Gasteiger partial charge in [0.25, 0.3) is 5.91 Å². The summed E-state index contributed by atoms with van der Waals surface area (Å²) < 4.78 is 5.85. The molecule has 1 spiro atoms. The van der Waals surface area contributed by atoms with Crippen LogP contribution < -0.4 is 10.1 Å². The molecule has 2 aliphatic rings. The number of hydrogen-bond donors (Lipinski definition) is 2. The van der Waals surface area contributed by atoms with E-state index in [1.54, 1.807) is 11.3 Å². The number of carbonyl (C=O) groups is 2. The van der Waals surface area contributed by atoms with Crippen LogP contribution in [0.2, 0.25) is 0 Å². The van der Waals surface area contributed by atoms with Crippen LogP contribution in [-0.2, 0) is 16.8 Å². The Kier molecular flexibility index (Phi) is 5.12. The Bertz CT molecular complexity index is 970. The van der Waals surface area contributed by atoms with Gasteiger partial charge >= 0.3 is 6.03 Å². The molecule has 6 nitrogen and oxygen atoms in total. The monoisotopic (exact) mass is 414 g/mol. The second-order valence-corrected chi connectivity index (χ2v) is 8.98. The molecule has 1 aliphatic carbocycles. The van der Waals surface area contributed by atoms with E-state index in [0.717, 1.165) is 50.6 Å². The molecule has 7 heteroatoms. The van der Waals surface area contributed by atoms with Crippen LogP contribution in [0.1, 0.15) is 40.0 Å². The number of nitrogens with zero attached hydrogens (tertiary/aromatic N) is 1. The molecule has 2 aromatic rings. The minimum absolute atomic E-state index is 0.0128. The Labute approximate surface area is 174 Å². The van der Waals surface area contributed by atoms with Crippen molar-refractivity contribution in [3.63, 3.8) is 0 Å². The summed E-state index contributed by atoms with van der Waals surface area (Å²) in [7, 11) is 0. The van der Waals surface area contributed by atoms with Gasteiger partial charge in [0.2, 0.25) is 0 Å². The summed E-state index contributed by atoms with van der Waals surface area (Å²) in [4.78, 5) is 28.1. The lowest BCUT2D eigenvalue weighted by atomic mass is 9.80. The van der Waals surface area contributed by atoms with Crippen molar-refractivity contribution in [2.24, 2.45) is 0 Å². The van der Waals surface area contributed by atoms with Crippen molar-refractivity contribution in [2.75, 3.05) is 13.2 Å². The van der Waals surface area contributed by atoms with Gasteiger partial charge in [-0.3, -0.25) is 9.69 Å². The van der Waals surface area contributed by atoms with Crippen LogP contribution in [0.25, 0.3) is 0 Å². The maximum Gasteiger partial charge on any atom is 0.325 e. The van der Waals surface area contributed by atoms with Gasteiger partial charge in [0.15, 0.2) is 0 Å². The first-order valence-electron chi connectivity index (χ1n) is 9.92. The summed E-state index contributed by atoms with van der Waals surface area (Å²) in [5, 5.41) is 15.4. The number of nitrogens with one attached hydrogen (secondary N) is 1. The topological polar surface area (TPSA) is 78.9 Å². The summed E-state index contributed by atoms with van der Waals surface area (Å²) in [6.07, 6.45) is 1.41. The number of benzene rings is 1. The van der Waals surface area contributed by atoms with Gasteiger partial charge in [-0.2, -0.15) is 0 Å². The van der Waals surface area contributed by atoms with Crippen LogP contribution >= 0.6 is 11.3 Å². The molecule has 2 N–H and O–H groups in total. The van der Waals surface area contributed by atoms with E-state index in [1.807, 2.05) is 44.4 Å². The Morgan fingerprint density at radius 2 is 2.00 bits per heavy atom.